The molecule has 4 nitrogen and oxygen atoms in total. The summed E-state index contributed by atoms with van der Waals surface area (Å²) in [5, 5.41) is 0. The molecule has 0 saturated heterocycles. The molecule has 0 spiro atoms. The normalized spacial score (nSPS) is 9.21. The first-order chi connectivity index (χ1) is 5.92. The zero-order chi connectivity index (χ0) is 8.39. The smallest absolute Gasteiger partial charge is 0.163 e. The maximum Gasteiger partial charge on any atom is 0.163 e. The van der Waals surface area contributed by atoms with Crippen LogP contribution in [0.4, 0.5) is 0 Å². The standard InChI is InChI=1S/C8H10N4.2ClH/c1-2-3-12-6-9-4-7-8(12)11-5-10-7;;/h4-6H,2-3H2,1H3;2*1H. The summed E-state index contributed by atoms with van der Waals surface area (Å²) in [4.78, 5) is 12.3. The summed E-state index contributed by atoms with van der Waals surface area (Å²) in [7, 11) is 0. The van der Waals surface area contributed by atoms with E-state index in [9.17, 15) is 0 Å². The van der Waals surface area contributed by atoms with Crippen LogP contribution in [-0.2, 0) is 6.54 Å². The summed E-state index contributed by atoms with van der Waals surface area (Å²) in [5.41, 5.74) is 0.867. The van der Waals surface area contributed by atoms with Gasteiger partial charge >= 0.3 is 0 Å². The molecule has 78 valence electrons. The molecular weight excluding hydrogens is 223 g/mol. The second-order valence-electron chi connectivity index (χ2n) is 2.67. The average molecular weight is 235 g/mol. The highest BCUT2D eigenvalue weighted by molar-refractivity contribution is 5.85. The molecule has 2 aliphatic rings. The van der Waals surface area contributed by atoms with E-state index in [1.54, 1.807) is 18.9 Å². The Bertz CT molecular complexity index is 349. The lowest BCUT2D eigenvalue weighted by atomic mass is 10.4. The lowest BCUT2D eigenvalue weighted by Crippen LogP contribution is -2.03. The molecule has 14 heavy (non-hydrogen) atoms. The summed E-state index contributed by atoms with van der Waals surface area (Å²) < 4.78 is 2.02. The van der Waals surface area contributed by atoms with Crippen LogP contribution in [0.2, 0.25) is 0 Å². The Kier molecular flexibility index (Phi) is 5.42. The number of nitrogens with zero attached hydrogens (tertiary/aromatic N) is 4. The number of imidazole rings is 1. The first-order valence-electron chi connectivity index (χ1n) is 4.02. The fourth-order valence-corrected chi connectivity index (χ4v) is 1.23. The highest BCUT2D eigenvalue weighted by Crippen LogP contribution is 2.14. The summed E-state index contributed by atoms with van der Waals surface area (Å²) >= 11 is 0. The van der Waals surface area contributed by atoms with E-state index in [-0.39, 0.29) is 24.8 Å². The quantitative estimate of drug-likeness (QED) is 0.799. The molecule has 0 saturated carbocycles. The van der Waals surface area contributed by atoms with Gasteiger partial charge in [0.15, 0.2) is 5.82 Å². The first kappa shape index (κ1) is 13.1. The minimum absolute atomic E-state index is 0. The van der Waals surface area contributed by atoms with Crippen molar-refractivity contribution < 1.29 is 0 Å². The Morgan fingerprint density at radius 3 is 2.79 bits per heavy atom. The molecule has 0 aromatic heterocycles. The van der Waals surface area contributed by atoms with E-state index >= 15 is 0 Å². The minimum Gasteiger partial charge on any atom is -0.315 e. The lowest BCUT2D eigenvalue weighted by Gasteiger charge is -2.06. The van der Waals surface area contributed by atoms with Gasteiger partial charge in [0, 0.05) is 6.54 Å². The Balaban J connectivity index is 0.000000845. The summed E-state index contributed by atoms with van der Waals surface area (Å²) in [5.74, 6) is 0.923. The van der Waals surface area contributed by atoms with Crippen molar-refractivity contribution in [2.45, 2.75) is 19.9 Å². The fraction of sp³-hybridized carbons (Fsp3) is 0.375. The largest absolute Gasteiger partial charge is 0.315 e. The van der Waals surface area contributed by atoms with Crippen LogP contribution in [0.25, 0.3) is 11.5 Å². The van der Waals surface area contributed by atoms with E-state index in [1.807, 2.05) is 4.57 Å². The zero-order valence-corrected chi connectivity index (χ0v) is 9.38. The first-order valence-corrected chi connectivity index (χ1v) is 4.02. The Hall–Kier alpha value is -0.870. The molecule has 0 N–H and O–H groups in total. The van der Waals surface area contributed by atoms with Crippen molar-refractivity contribution in [2.75, 3.05) is 0 Å². The maximum absolute atomic E-state index is 4.15. The Labute approximate surface area is 94.9 Å². The molecule has 2 heterocycles. The van der Waals surface area contributed by atoms with Gasteiger partial charge in [0.05, 0.1) is 12.5 Å². The second kappa shape index (κ2) is 5.78. The third kappa shape index (κ3) is 2.33. The molecule has 0 amide bonds. The molecule has 0 aromatic carbocycles. The topological polar surface area (TPSA) is 43.6 Å². The van der Waals surface area contributed by atoms with E-state index in [1.165, 1.54) is 0 Å². The van der Waals surface area contributed by atoms with Crippen LogP contribution >= 0.6 is 24.8 Å². The van der Waals surface area contributed by atoms with Gasteiger partial charge in [-0.2, -0.15) is 0 Å². The summed E-state index contributed by atoms with van der Waals surface area (Å²) in [6.07, 6.45) is 6.17. The Morgan fingerprint density at radius 1 is 1.29 bits per heavy atom. The molecule has 0 unspecified atom stereocenters. The molecule has 0 aliphatic carbocycles. The van der Waals surface area contributed by atoms with E-state index in [2.05, 4.69) is 21.9 Å². The van der Waals surface area contributed by atoms with E-state index in [0.29, 0.717) is 0 Å². The van der Waals surface area contributed by atoms with Crippen molar-refractivity contribution in [1.82, 2.24) is 19.5 Å². The van der Waals surface area contributed by atoms with Gasteiger partial charge in [-0.15, -0.1) is 24.8 Å². The highest BCUT2D eigenvalue weighted by Gasteiger charge is 2.07. The molecule has 6 heteroatoms. The highest BCUT2D eigenvalue weighted by atomic mass is 35.5. The number of aryl methyl sites for hydroxylation is 1. The van der Waals surface area contributed by atoms with Crippen molar-refractivity contribution in [1.29, 1.82) is 0 Å². The number of halogens is 2. The van der Waals surface area contributed by atoms with Crippen LogP contribution in [0.5, 0.6) is 0 Å². The molecule has 2 aliphatic heterocycles. The number of hydrogen-bond acceptors (Lipinski definition) is 3. The zero-order valence-electron chi connectivity index (χ0n) is 7.75. The predicted octanol–water partition coefficient (Wildman–Crippen LogP) is 2.03. The van der Waals surface area contributed by atoms with Crippen LogP contribution < -0.4 is 0 Å². The number of aromatic nitrogens is 4. The van der Waals surface area contributed by atoms with Crippen molar-refractivity contribution in [3.63, 3.8) is 0 Å². The number of hydrogen-bond donors (Lipinski definition) is 0. The van der Waals surface area contributed by atoms with Gasteiger partial charge in [-0.05, 0) is 6.42 Å². The minimum atomic E-state index is 0. The van der Waals surface area contributed by atoms with Crippen molar-refractivity contribution in [3.8, 4) is 11.5 Å². The van der Waals surface area contributed by atoms with E-state index in [0.717, 1.165) is 24.5 Å². The van der Waals surface area contributed by atoms with Gasteiger partial charge in [-0.3, -0.25) is 0 Å². The second-order valence-corrected chi connectivity index (χ2v) is 2.67. The molecule has 0 atom stereocenters. The third-order valence-corrected chi connectivity index (χ3v) is 1.75. The monoisotopic (exact) mass is 234 g/mol. The molecule has 0 aromatic rings. The average Bonchev–Trinajstić information content (AvgIpc) is 2.53. The number of fused-ring (bicyclic) bond motifs is 1. The molecule has 0 bridgehead atoms. The fourth-order valence-electron chi connectivity index (χ4n) is 1.23. The van der Waals surface area contributed by atoms with Crippen molar-refractivity contribution in [3.05, 3.63) is 18.9 Å². The summed E-state index contributed by atoms with van der Waals surface area (Å²) in [6.45, 7) is 3.07. The van der Waals surface area contributed by atoms with Crippen molar-refractivity contribution in [2.24, 2.45) is 0 Å². The van der Waals surface area contributed by atoms with E-state index in [4.69, 9.17) is 0 Å². The maximum atomic E-state index is 4.15. The molecule has 0 radical (unpaired) electrons. The van der Waals surface area contributed by atoms with E-state index < -0.39 is 0 Å². The van der Waals surface area contributed by atoms with Gasteiger partial charge < -0.3 is 4.57 Å². The lowest BCUT2D eigenvalue weighted by molar-refractivity contribution is 0.659. The predicted molar refractivity (Wildman–Crippen MR) is 59.2 cm³/mol. The third-order valence-electron chi connectivity index (χ3n) is 1.75. The van der Waals surface area contributed by atoms with Crippen LogP contribution in [-0.4, -0.2) is 19.5 Å². The summed E-state index contributed by atoms with van der Waals surface area (Å²) in [6, 6.07) is 0. The van der Waals surface area contributed by atoms with Gasteiger partial charge in [0.2, 0.25) is 0 Å². The molecular formula is C8H12Cl2N4. The molecule has 0 fully saturated rings. The van der Waals surface area contributed by atoms with Crippen LogP contribution in [0, 0.1) is 0 Å². The van der Waals surface area contributed by atoms with Gasteiger partial charge in [0.1, 0.15) is 12.0 Å². The van der Waals surface area contributed by atoms with Gasteiger partial charge in [0.25, 0.3) is 0 Å². The molecule has 2 rings (SSSR count). The Morgan fingerprint density at radius 2 is 2.07 bits per heavy atom. The van der Waals surface area contributed by atoms with Crippen molar-refractivity contribution >= 4 is 24.8 Å². The van der Waals surface area contributed by atoms with Gasteiger partial charge in [-0.1, -0.05) is 6.92 Å². The van der Waals surface area contributed by atoms with Crippen LogP contribution in [0.1, 0.15) is 13.3 Å². The van der Waals surface area contributed by atoms with Gasteiger partial charge in [-0.25, -0.2) is 15.0 Å². The van der Waals surface area contributed by atoms with Crippen LogP contribution in [0.15, 0.2) is 18.9 Å². The SMILES string of the molecule is CCCn1cncc2ncnc1-2.Cl.Cl. The number of rotatable bonds is 2. The van der Waals surface area contributed by atoms with Crippen LogP contribution in [0.3, 0.4) is 0 Å².